The van der Waals surface area contributed by atoms with Crippen molar-refractivity contribution in [2.45, 2.75) is 32.7 Å². The molecule has 3 aromatic rings. The molecule has 1 atom stereocenters. The van der Waals surface area contributed by atoms with Crippen LogP contribution in [-0.4, -0.2) is 51.5 Å². The van der Waals surface area contributed by atoms with E-state index in [0.717, 1.165) is 16.6 Å². The summed E-state index contributed by atoms with van der Waals surface area (Å²) in [5.41, 5.74) is 1.44. The quantitative estimate of drug-likeness (QED) is 0.569. The number of benzene rings is 2. The van der Waals surface area contributed by atoms with Crippen LogP contribution in [0.1, 0.15) is 25.3 Å². The zero-order chi connectivity index (χ0) is 21.8. The van der Waals surface area contributed by atoms with E-state index in [1.165, 1.54) is 16.9 Å². The Bertz CT molecular complexity index is 1050. The monoisotopic (exact) mass is 424 g/mol. The Morgan fingerprint density at radius 3 is 2.42 bits per heavy atom. The minimum atomic E-state index is -0.857. The predicted molar refractivity (Wildman–Crippen MR) is 113 cm³/mol. The van der Waals surface area contributed by atoms with E-state index in [2.05, 4.69) is 10.2 Å². The predicted octanol–water partition coefficient (Wildman–Crippen LogP) is 2.99. The van der Waals surface area contributed by atoms with E-state index >= 15 is 0 Å². The molecule has 7 nitrogen and oxygen atoms in total. The van der Waals surface area contributed by atoms with Crippen LogP contribution in [0.5, 0.6) is 0 Å². The van der Waals surface area contributed by atoms with E-state index in [0.29, 0.717) is 25.8 Å². The zero-order valence-electron chi connectivity index (χ0n) is 17.5. The normalized spacial score (nSPS) is 18.8. The fourth-order valence-corrected chi connectivity index (χ4v) is 4.20. The van der Waals surface area contributed by atoms with Crippen molar-refractivity contribution in [3.8, 4) is 0 Å². The number of hydrogen-bond donors (Lipinski definition) is 0. The summed E-state index contributed by atoms with van der Waals surface area (Å²) in [5.74, 6) is -0.791. The third-order valence-electron chi connectivity index (χ3n) is 5.70. The number of ether oxygens (including phenoxy) is 1. The summed E-state index contributed by atoms with van der Waals surface area (Å²) >= 11 is 0. The van der Waals surface area contributed by atoms with Crippen LogP contribution in [0.4, 0.5) is 4.39 Å². The van der Waals surface area contributed by atoms with Gasteiger partial charge in [-0.15, -0.1) is 0 Å². The third-order valence-corrected chi connectivity index (χ3v) is 5.70. The number of rotatable bonds is 6. The molecule has 1 unspecified atom stereocenters. The second kappa shape index (κ2) is 8.83. The second-order valence-corrected chi connectivity index (χ2v) is 7.94. The van der Waals surface area contributed by atoms with Crippen LogP contribution in [0.2, 0.25) is 0 Å². The van der Waals surface area contributed by atoms with E-state index in [9.17, 15) is 14.0 Å². The fraction of sp³-hybridized carbons (Fsp3) is 0.391. The Kier molecular flexibility index (Phi) is 5.97. The lowest BCUT2D eigenvalue weighted by Gasteiger charge is -2.41. The fourth-order valence-electron chi connectivity index (χ4n) is 4.20. The number of piperidine rings is 1. The van der Waals surface area contributed by atoms with Gasteiger partial charge in [-0.25, -0.2) is 4.39 Å². The highest BCUT2D eigenvalue weighted by atomic mass is 19.1. The SMILES string of the molecule is CCOC(=O)C1(Cc2ccc(F)cc2)CCCN(C(=O)Cn2nc3ccccc3n2)C1. The maximum atomic E-state index is 13.3. The molecule has 1 fully saturated rings. The number of esters is 1. The van der Waals surface area contributed by atoms with Crippen molar-refractivity contribution in [1.29, 1.82) is 0 Å². The summed E-state index contributed by atoms with van der Waals surface area (Å²) < 4.78 is 18.7. The van der Waals surface area contributed by atoms with Crippen molar-refractivity contribution in [3.63, 3.8) is 0 Å². The first-order valence-corrected chi connectivity index (χ1v) is 10.5. The molecular weight excluding hydrogens is 399 g/mol. The van der Waals surface area contributed by atoms with Gasteiger partial charge in [0.05, 0.1) is 12.0 Å². The Morgan fingerprint density at radius 1 is 1.10 bits per heavy atom. The molecule has 1 aliphatic heterocycles. The first kappa shape index (κ1) is 21.0. The highest BCUT2D eigenvalue weighted by molar-refractivity contribution is 5.81. The number of aromatic nitrogens is 3. The Labute approximate surface area is 179 Å². The molecule has 0 N–H and O–H groups in total. The topological polar surface area (TPSA) is 77.3 Å². The number of likely N-dealkylation sites (tertiary alicyclic amines) is 1. The van der Waals surface area contributed by atoms with Gasteiger partial charge in [0.15, 0.2) is 0 Å². The van der Waals surface area contributed by atoms with Crippen LogP contribution < -0.4 is 0 Å². The molecule has 2 aromatic carbocycles. The lowest BCUT2D eigenvalue weighted by atomic mass is 9.75. The average Bonchev–Trinajstić information content (AvgIpc) is 3.18. The molecule has 162 valence electrons. The molecule has 0 bridgehead atoms. The zero-order valence-corrected chi connectivity index (χ0v) is 17.5. The molecule has 1 saturated heterocycles. The number of halogens is 1. The number of fused-ring (bicyclic) bond motifs is 1. The summed E-state index contributed by atoms with van der Waals surface area (Å²) in [6.07, 6.45) is 1.68. The van der Waals surface area contributed by atoms with Crippen molar-refractivity contribution in [1.82, 2.24) is 19.9 Å². The van der Waals surface area contributed by atoms with Gasteiger partial charge >= 0.3 is 5.97 Å². The van der Waals surface area contributed by atoms with E-state index in [4.69, 9.17) is 4.74 Å². The Morgan fingerprint density at radius 2 is 1.77 bits per heavy atom. The first-order valence-electron chi connectivity index (χ1n) is 10.5. The number of nitrogens with zero attached hydrogens (tertiary/aromatic N) is 4. The maximum Gasteiger partial charge on any atom is 0.314 e. The minimum absolute atomic E-state index is 0.00410. The van der Waals surface area contributed by atoms with Crippen LogP contribution in [0.3, 0.4) is 0 Å². The van der Waals surface area contributed by atoms with Gasteiger partial charge in [0.2, 0.25) is 5.91 Å². The number of hydrogen-bond acceptors (Lipinski definition) is 5. The molecule has 4 rings (SSSR count). The summed E-state index contributed by atoms with van der Waals surface area (Å²) in [7, 11) is 0. The first-order chi connectivity index (χ1) is 15.0. The van der Waals surface area contributed by atoms with Crippen molar-refractivity contribution >= 4 is 22.9 Å². The van der Waals surface area contributed by atoms with E-state index < -0.39 is 5.41 Å². The molecule has 1 aromatic heterocycles. The van der Waals surface area contributed by atoms with Gasteiger partial charge in [-0.2, -0.15) is 15.0 Å². The van der Waals surface area contributed by atoms with E-state index in [1.54, 1.807) is 24.0 Å². The van der Waals surface area contributed by atoms with E-state index in [1.807, 2.05) is 24.3 Å². The summed E-state index contributed by atoms with van der Waals surface area (Å²) in [6, 6.07) is 13.6. The molecule has 1 aliphatic rings. The molecule has 2 heterocycles. The number of carbonyl (C=O) groups is 2. The highest BCUT2D eigenvalue weighted by Gasteiger charge is 2.44. The largest absolute Gasteiger partial charge is 0.466 e. The van der Waals surface area contributed by atoms with Crippen LogP contribution in [0.25, 0.3) is 11.0 Å². The summed E-state index contributed by atoms with van der Waals surface area (Å²) in [4.78, 5) is 29.1. The second-order valence-electron chi connectivity index (χ2n) is 7.94. The van der Waals surface area contributed by atoms with Gasteiger partial charge in [0.1, 0.15) is 23.4 Å². The lowest BCUT2D eigenvalue weighted by Crippen LogP contribution is -2.52. The van der Waals surface area contributed by atoms with Gasteiger partial charge < -0.3 is 9.64 Å². The van der Waals surface area contributed by atoms with Gasteiger partial charge in [-0.05, 0) is 56.0 Å². The Hall–Kier alpha value is -3.29. The van der Waals surface area contributed by atoms with Crippen LogP contribution in [0.15, 0.2) is 48.5 Å². The van der Waals surface area contributed by atoms with Gasteiger partial charge in [-0.3, -0.25) is 9.59 Å². The summed E-state index contributed by atoms with van der Waals surface area (Å²) in [6.45, 7) is 2.85. The van der Waals surface area contributed by atoms with Crippen molar-refractivity contribution < 1.29 is 18.7 Å². The molecule has 0 aliphatic carbocycles. The molecule has 0 spiro atoms. The molecule has 0 saturated carbocycles. The lowest BCUT2D eigenvalue weighted by molar-refractivity contribution is -0.161. The minimum Gasteiger partial charge on any atom is -0.466 e. The molecule has 1 amide bonds. The van der Waals surface area contributed by atoms with Gasteiger partial charge in [0, 0.05) is 13.1 Å². The molecule has 8 heteroatoms. The van der Waals surface area contributed by atoms with Crippen molar-refractivity contribution in [2.75, 3.05) is 19.7 Å². The van der Waals surface area contributed by atoms with Gasteiger partial charge in [0.25, 0.3) is 0 Å². The number of carbonyl (C=O) groups excluding carboxylic acids is 2. The Balaban J connectivity index is 1.53. The molecular formula is C23H25FN4O3. The smallest absolute Gasteiger partial charge is 0.314 e. The van der Waals surface area contributed by atoms with Crippen LogP contribution in [0, 0.1) is 11.2 Å². The maximum absolute atomic E-state index is 13.3. The van der Waals surface area contributed by atoms with Crippen LogP contribution in [-0.2, 0) is 27.3 Å². The van der Waals surface area contributed by atoms with Crippen molar-refractivity contribution in [2.24, 2.45) is 5.41 Å². The van der Waals surface area contributed by atoms with Crippen molar-refractivity contribution in [3.05, 3.63) is 59.9 Å². The highest BCUT2D eigenvalue weighted by Crippen LogP contribution is 2.35. The van der Waals surface area contributed by atoms with Gasteiger partial charge in [-0.1, -0.05) is 24.3 Å². The van der Waals surface area contributed by atoms with E-state index in [-0.39, 0.29) is 37.4 Å². The molecule has 31 heavy (non-hydrogen) atoms. The molecule has 0 radical (unpaired) electrons. The van der Waals surface area contributed by atoms with Crippen LogP contribution >= 0.6 is 0 Å². The number of amides is 1. The third kappa shape index (κ3) is 4.57. The standard InChI is InChI=1S/C23H25FN4O3/c1-2-31-22(30)23(14-17-8-10-18(24)11-9-17)12-5-13-27(16-23)21(29)15-28-25-19-6-3-4-7-20(19)26-28/h3-4,6-11H,2,5,12-16H2,1H3. The summed E-state index contributed by atoms with van der Waals surface area (Å²) in [5, 5.41) is 8.71. The average molecular weight is 424 g/mol.